The van der Waals surface area contributed by atoms with Crippen molar-refractivity contribution in [1.29, 1.82) is 0 Å². The molecule has 136 valence electrons. The minimum Gasteiger partial charge on any atom is -0.486 e. The third-order valence-electron chi connectivity index (χ3n) is 3.98. The van der Waals surface area contributed by atoms with Gasteiger partial charge >= 0.3 is 0 Å². The standard InChI is InChI=1S/C19H19Cl2N3OS/c1-3-13-4-7-15(8-5-13)25-11-18-22-23-19(24(18)2)26-12-14-6-9-16(20)17(21)10-14/h4-10H,3,11-12H2,1-2H3. The van der Waals surface area contributed by atoms with Crippen LogP contribution in [0.3, 0.4) is 0 Å². The lowest BCUT2D eigenvalue weighted by Gasteiger charge is -2.07. The zero-order valence-electron chi connectivity index (χ0n) is 14.6. The average molecular weight is 408 g/mol. The van der Waals surface area contributed by atoms with E-state index in [1.54, 1.807) is 17.8 Å². The summed E-state index contributed by atoms with van der Waals surface area (Å²) in [5.41, 5.74) is 2.37. The highest BCUT2D eigenvalue weighted by Gasteiger charge is 2.11. The van der Waals surface area contributed by atoms with Gasteiger partial charge in [0.05, 0.1) is 10.0 Å². The number of halogens is 2. The van der Waals surface area contributed by atoms with Gasteiger partial charge in [-0.3, -0.25) is 0 Å². The maximum atomic E-state index is 6.06. The van der Waals surface area contributed by atoms with E-state index in [4.69, 9.17) is 27.9 Å². The number of nitrogens with zero attached hydrogens (tertiary/aromatic N) is 3. The molecule has 1 aromatic heterocycles. The van der Waals surface area contributed by atoms with Crippen molar-refractivity contribution >= 4 is 35.0 Å². The molecule has 0 saturated carbocycles. The highest BCUT2D eigenvalue weighted by molar-refractivity contribution is 7.98. The van der Waals surface area contributed by atoms with Gasteiger partial charge in [-0.05, 0) is 41.8 Å². The number of ether oxygens (including phenoxy) is 1. The highest BCUT2D eigenvalue weighted by Crippen LogP contribution is 2.27. The zero-order valence-corrected chi connectivity index (χ0v) is 16.9. The van der Waals surface area contributed by atoms with E-state index in [0.29, 0.717) is 16.7 Å². The molecule has 0 aliphatic rings. The maximum Gasteiger partial charge on any atom is 0.191 e. The number of rotatable bonds is 7. The third kappa shape index (κ3) is 4.72. The van der Waals surface area contributed by atoms with Gasteiger partial charge in [-0.2, -0.15) is 0 Å². The van der Waals surface area contributed by atoms with Crippen molar-refractivity contribution in [1.82, 2.24) is 14.8 Å². The first-order chi connectivity index (χ1) is 12.6. The van der Waals surface area contributed by atoms with E-state index in [1.807, 2.05) is 35.9 Å². The molecule has 0 amide bonds. The Hall–Kier alpha value is -1.69. The summed E-state index contributed by atoms with van der Waals surface area (Å²) in [6, 6.07) is 13.7. The fraction of sp³-hybridized carbons (Fsp3) is 0.263. The van der Waals surface area contributed by atoms with Crippen LogP contribution < -0.4 is 4.74 Å². The minimum atomic E-state index is 0.377. The lowest BCUT2D eigenvalue weighted by Crippen LogP contribution is -2.04. The molecule has 0 saturated heterocycles. The molecule has 1 heterocycles. The van der Waals surface area contributed by atoms with Crippen LogP contribution in [0.5, 0.6) is 5.75 Å². The molecule has 0 spiro atoms. The SMILES string of the molecule is CCc1ccc(OCc2nnc(SCc3ccc(Cl)c(Cl)c3)n2C)cc1. The highest BCUT2D eigenvalue weighted by atomic mass is 35.5. The number of thioether (sulfide) groups is 1. The predicted molar refractivity (Wildman–Crippen MR) is 107 cm³/mol. The Balaban J connectivity index is 1.59. The van der Waals surface area contributed by atoms with Crippen LogP contribution in [0.4, 0.5) is 0 Å². The lowest BCUT2D eigenvalue weighted by molar-refractivity contribution is 0.290. The predicted octanol–water partition coefficient (Wildman–Crippen LogP) is 5.56. The van der Waals surface area contributed by atoms with Gasteiger partial charge in [-0.25, -0.2) is 0 Å². The van der Waals surface area contributed by atoms with E-state index >= 15 is 0 Å². The van der Waals surface area contributed by atoms with Gasteiger partial charge in [-0.1, -0.05) is 60.1 Å². The normalized spacial score (nSPS) is 10.9. The molecule has 3 aromatic rings. The van der Waals surface area contributed by atoms with E-state index < -0.39 is 0 Å². The molecular formula is C19H19Cl2N3OS. The van der Waals surface area contributed by atoms with Crippen LogP contribution in [0.25, 0.3) is 0 Å². The van der Waals surface area contributed by atoms with E-state index in [-0.39, 0.29) is 0 Å². The summed E-state index contributed by atoms with van der Waals surface area (Å²) in [6.45, 7) is 2.51. The largest absolute Gasteiger partial charge is 0.486 e. The van der Waals surface area contributed by atoms with Gasteiger partial charge < -0.3 is 9.30 Å². The van der Waals surface area contributed by atoms with Crippen LogP contribution in [0.2, 0.25) is 10.0 Å². The second-order valence-electron chi connectivity index (χ2n) is 5.78. The number of hydrogen-bond acceptors (Lipinski definition) is 4. The Bertz CT molecular complexity index is 881. The van der Waals surface area contributed by atoms with Gasteiger partial charge in [0, 0.05) is 12.8 Å². The van der Waals surface area contributed by atoms with Crippen molar-refractivity contribution in [2.45, 2.75) is 30.9 Å². The molecule has 4 nitrogen and oxygen atoms in total. The Morgan fingerprint density at radius 1 is 1.00 bits per heavy atom. The van der Waals surface area contributed by atoms with Gasteiger partial charge in [0.2, 0.25) is 0 Å². The molecular weight excluding hydrogens is 389 g/mol. The van der Waals surface area contributed by atoms with Crippen LogP contribution in [0.1, 0.15) is 23.9 Å². The fourth-order valence-electron chi connectivity index (χ4n) is 2.34. The second kappa shape index (κ2) is 8.80. The van der Waals surface area contributed by atoms with E-state index in [9.17, 15) is 0 Å². The number of hydrogen-bond donors (Lipinski definition) is 0. The van der Waals surface area contributed by atoms with Crippen molar-refractivity contribution in [3.63, 3.8) is 0 Å². The molecule has 0 aliphatic carbocycles. The maximum absolute atomic E-state index is 6.06. The Morgan fingerprint density at radius 3 is 2.42 bits per heavy atom. The van der Waals surface area contributed by atoms with Gasteiger partial charge in [0.15, 0.2) is 11.0 Å². The monoisotopic (exact) mass is 407 g/mol. The molecule has 7 heteroatoms. The van der Waals surface area contributed by atoms with E-state index in [2.05, 4.69) is 29.3 Å². The zero-order chi connectivity index (χ0) is 18.5. The summed E-state index contributed by atoms with van der Waals surface area (Å²) in [4.78, 5) is 0. The quantitative estimate of drug-likeness (QED) is 0.480. The van der Waals surface area contributed by atoms with Crippen molar-refractivity contribution in [2.24, 2.45) is 7.05 Å². The van der Waals surface area contributed by atoms with Crippen molar-refractivity contribution < 1.29 is 4.74 Å². The minimum absolute atomic E-state index is 0.377. The first-order valence-electron chi connectivity index (χ1n) is 8.23. The molecule has 0 unspecified atom stereocenters. The van der Waals surface area contributed by atoms with Crippen LogP contribution in [0.15, 0.2) is 47.6 Å². The van der Waals surface area contributed by atoms with Gasteiger partial charge in [-0.15, -0.1) is 10.2 Å². The Kier molecular flexibility index (Phi) is 6.46. The van der Waals surface area contributed by atoms with Crippen molar-refractivity contribution in [2.75, 3.05) is 0 Å². The molecule has 0 aliphatic heterocycles. The number of aromatic nitrogens is 3. The molecule has 0 N–H and O–H groups in total. The van der Waals surface area contributed by atoms with Crippen LogP contribution in [-0.2, 0) is 25.8 Å². The molecule has 2 aromatic carbocycles. The summed E-state index contributed by atoms with van der Waals surface area (Å²) in [5.74, 6) is 2.35. The summed E-state index contributed by atoms with van der Waals surface area (Å²) < 4.78 is 7.76. The van der Waals surface area contributed by atoms with Crippen LogP contribution in [-0.4, -0.2) is 14.8 Å². The number of benzene rings is 2. The summed E-state index contributed by atoms with van der Waals surface area (Å²) in [7, 11) is 1.94. The van der Waals surface area contributed by atoms with Crippen LogP contribution >= 0.6 is 35.0 Å². The Labute approximate surface area is 167 Å². The molecule has 0 radical (unpaired) electrons. The smallest absolute Gasteiger partial charge is 0.191 e. The van der Waals surface area contributed by atoms with Crippen molar-refractivity contribution in [3.8, 4) is 5.75 Å². The van der Waals surface area contributed by atoms with Crippen molar-refractivity contribution in [3.05, 3.63) is 69.5 Å². The molecule has 0 fully saturated rings. The molecule has 3 rings (SSSR count). The van der Waals surface area contributed by atoms with E-state index in [1.165, 1.54) is 5.56 Å². The van der Waals surface area contributed by atoms with Crippen LogP contribution in [0, 0.1) is 0 Å². The first kappa shape index (κ1) is 19.1. The first-order valence-corrected chi connectivity index (χ1v) is 9.97. The average Bonchev–Trinajstić information content (AvgIpc) is 3.01. The summed E-state index contributed by atoms with van der Waals surface area (Å²) in [6.07, 6.45) is 1.02. The van der Waals surface area contributed by atoms with Gasteiger partial charge in [0.25, 0.3) is 0 Å². The topological polar surface area (TPSA) is 39.9 Å². The second-order valence-corrected chi connectivity index (χ2v) is 7.54. The Morgan fingerprint density at radius 2 is 1.73 bits per heavy atom. The van der Waals surface area contributed by atoms with Gasteiger partial charge in [0.1, 0.15) is 12.4 Å². The molecule has 0 bridgehead atoms. The molecule has 26 heavy (non-hydrogen) atoms. The summed E-state index contributed by atoms with van der Waals surface area (Å²) >= 11 is 13.6. The lowest BCUT2D eigenvalue weighted by atomic mass is 10.2. The summed E-state index contributed by atoms with van der Waals surface area (Å²) in [5, 5.41) is 10.4. The third-order valence-corrected chi connectivity index (χ3v) is 5.81. The van der Waals surface area contributed by atoms with E-state index in [0.717, 1.165) is 34.5 Å². The number of aryl methyl sites for hydroxylation is 1. The molecule has 0 atom stereocenters. The fourth-order valence-corrected chi connectivity index (χ4v) is 3.54.